The highest BCUT2D eigenvalue weighted by Gasteiger charge is 2.07. The molecule has 4 nitrogen and oxygen atoms in total. The molecule has 0 saturated heterocycles. The normalized spacial score (nSPS) is 11.1. The molecule has 80 valence electrons. The van der Waals surface area contributed by atoms with Crippen LogP contribution in [0, 0.1) is 0 Å². The summed E-state index contributed by atoms with van der Waals surface area (Å²) in [6, 6.07) is 0. The predicted molar refractivity (Wildman–Crippen MR) is 57.7 cm³/mol. The number of halogens is 1. The maximum absolute atomic E-state index is 5.89. The van der Waals surface area contributed by atoms with E-state index in [4.69, 9.17) is 16.3 Å². The van der Waals surface area contributed by atoms with Gasteiger partial charge in [0.15, 0.2) is 0 Å². The molecule has 0 atom stereocenters. The summed E-state index contributed by atoms with van der Waals surface area (Å²) < 4.78 is 9.44. The molecule has 0 fully saturated rings. The van der Waals surface area contributed by atoms with Gasteiger partial charge in [-0.05, 0) is 13.5 Å². The van der Waals surface area contributed by atoms with E-state index >= 15 is 0 Å². The number of aromatic nitrogens is 2. The number of ether oxygens (including phenoxy) is 1. The zero-order valence-corrected chi connectivity index (χ0v) is 9.94. The van der Waals surface area contributed by atoms with Gasteiger partial charge in [0, 0.05) is 38.3 Å². The lowest BCUT2D eigenvalue weighted by molar-refractivity contribution is 0.178. The van der Waals surface area contributed by atoms with Crippen LogP contribution in [0.15, 0.2) is 0 Å². The van der Waals surface area contributed by atoms with Crippen molar-refractivity contribution in [1.82, 2.24) is 14.5 Å². The summed E-state index contributed by atoms with van der Waals surface area (Å²) in [5.74, 6) is 0. The van der Waals surface area contributed by atoms with Gasteiger partial charge in [-0.2, -0.15) is 0 Å². The van der Waals surface area contributed by atoms with Crippen LogP contribution in [0.5, 0.6) is 0 Å². The van der Waals surface area contributed by atoms with Gasteiger partial charge in [0.2, 0.25) is 0 Å². The summed E-state index contributed by atoms with van der Waals surface area (Å²) in [5.41, 5.74) is 0.858. The molecular formula is C8H14ClN3OS. The molecule has 14 heavy (non-hydrogen) atoms. The molecule has 0 radical (unpaired) electrons. The first-order chi connectivity index (χ1) is 6.74. The molecular weight excluding hydrogens is 222 g/mol. The highest BCUT2D eigenvalue weighted by molar-refractivity contribution is 7.10. The van der Waals surface area contributed by atoms with Crippen LogP contribution in [0.2, 0.25) is 4.34 Å². The Hall–Kier alpha value is -0.230. The van der Waals surface area contributed by atoms with E-state index in [9.17, 15) is 0 Å². The van der Waals surface area contributed by atoms with Gasteiger partial charge >= 0.3 is 0 Å². The highest BCUT2D eigenvalue weighted by atomic mass is 35.5. The smallest absolute Gasteiger partial charge is 0.138 e. The van der Waals surface area contributed by atoms with E-state index in [1.807, 2.05) is 7.05 Å². The first-order valence-electron chi connectivity index (χ1n) is 4.38. The van der Waals surface area contributed by atoms with E-state index in [0.29, 0.717) is 4.34 Å². The van der Waals surface area contributed by atoms with Gasteiger partial charge in [0.05, 0.1) is 0 Å². The molecule has 0 aliphatic heterocycles. The van der Waals surface area contributed by atoms with Crippen molar-refractivity contribution in [2.75, 3.05) is 27.3 Å². The van der Waals surface area contributed by atoms with Gasteiger partial charge in [0.25, 0.3) is 0 Å². The summed E-state index contributed by atoms with van der Waals surface area (Å²) in [5, 5.41) is 3.95. The fourth-order valence-electron chi connectivity index (χ4n) is 1.10. The molecule has 1 rings (SSSR count). The van der Waals surface area contributed by atoms with Crippen LogP contribution in [0.25, 0.3) is 0 Å². The number of nitrogens with zero attached hydrogens (tertiary/aromatic N) is 3. The maximum Gasteiger partial charge on any atom is 0.138 e. The highest BCUT2D eigenvalue weighted by Crippen LogP contribution is 2.18. The van der Waals surface area contributed by atoms with Crippen LogP contribution in [-0.4, -0.2) is 41.8 Å². The van der Waals surface area contributed by atoms with Crippen LogP contribution in [-0.2, 0) is 11.3 Å². The van der Waals surface area contributed by atoms with Crippen molar-refractivity contribution in [3.63, 3.8) is 0 Å². The van der Waals surface area contributed by atoms with Crippen molar-refractivity contribution < 1.29 is 4.74 Å². The Labute approximate surface area is 93.0 Å². The van der Waals surface area contributed by atoms with Crippen molar-refractivity contribution in [2.24, 2.45) is 0 Å². The third kappa shape index (κ3) is 3.88. The van der Waals surface area contributed by atoms with E-state index in [1.54, 1.807) is 7.11 Å². The van der Waals surface area contributed by atoms with Crippen LogP contribution in [0.1, 0.15) is 12.1 Å². The molecule has 1 aromatic rings. The van der Waals surface area contributed by atoms with Gasteiger partial charge in [-0.3, -0.25) is 0 Å². The second-order valence-corrected chi connectivity index (χ2v) is 4.43. The molecule has 6 heteroatoms. The minimum atomic E-state index is 0.684. The average Bonchev–Trinajstić information content (AvgIpc) is 2.52. The zero-order valence-electron chi connectivity index (χ0n) is 8.36. The standard InChI is InChI=1S/C8H14ClN3OS/c1-12(4-3-5-13-2)6-7-8(9)14-11-10-7/h3-6H2,1-2H3. The summed E-state index contributed by atoms with van der Waals surface area (Å²) >= 11 is 7.12. The number of hydrogen-bond donors (Lipinski definition) is 0. The van der Waals surface area contributed by atoms with Gasteiger partial charge in [-0.25, -0.2) is 0 Å². The third-order valence-corrected chi connectivity index (χ3v) is 2.80. The van der Waals surface area contributed by atoms with Crippen LogP contribution < -0.4 is 0 Å². The largest absolute Gasteiger partial charge is 0.385 e. The topological polar surface area (TPSA) is 38.2 Å². The lowest BCUT2D eigenvalue weighted by Crippen LogP contribution is -2.20. The average molecular weight is 236 g/mol. The third-order valence-electron chi connectivity index (χ3n) is 1.82. The molecule has 0 aliphatic rings. The van der Waals surface area contributed by atoms with Crippen molar-refractivity contribution in [1.29, 1.82) is 0 Å². The van der Waals surface area contributed by atoms with E-state index in [-0.39, 0.29) is 0 Å². The van der Waals surface area contributed by atoms with Crippen LogP contribution in [0.3, 0.4) is 0 Å². The van der Waals surface area contributed by atoms with Gasteiger partial charge in [-0.1, -0.05) is 16.1 Å². The van der Waals surface area contributed by atoms with Crippen molar-refractivity contribution in [2.45, 2.75) is 13.0 Å². The Kier molecular flexibility index (Phi) is 5.32. The van der Waals surface area contributed by atoms with Crippen molar-refractivity contribution >= 4 is 23.1 Å². The molecule has 0 spiro atoms. The molecule has 0 amide bonds. The second-order valence-electron chi connectivity index (χ2n) is 3.08. The van der Waals surface area contributed by atoms with Crippen LogP contribution in [0.4, 0.5) is 0 Å². The monoisotopic (exact) mass is 235 g/mol. The molecule has 1 aromatic heterocycles. The Balaban J connectivity index is 2.27. The van der Waals surface area contributed by atoms with Crippen molar-refractivity contribution in [3.05, 3.63) is 10.0 Å². The van der Waals surface area contributed by atoms with Gasteiger partial charge in [-0.15, -0.1) is 5.10 Å². The van der Waals surface area contributed by atoms with Gasteiger partial charge in [0.1, 0.15) is 10.0 Å². The molecule has 0 N–H and O–H groups in total. The summed E-state index contributed by atoms with van der Waals surface area (Å²) in [6.07, 6.45) is 1.02. The van der Waals surface area contributed by atoms with E-state index in [2.05, 4.69) is 14.5 Å². The fraction of sp³-hybridized carbons (Fsp3) is 0.750. The summed E-state index contributed by atoms with van der Waals surface area (Å²) in [7, 11) is 3.74. The quantitative estimate of drug-likeness (QED) is 0.703. The van der Waals surface area contributed by atoms with Gasteiger partial charge < -0.3 is 9.64 Å². The number of rotatable bonds is 6. The first-order valence-corrected chi connectivity index (χ1v) is 5.53. The second kappa shape index (κ2) is 6.29. The minimum absolute atomic E-state index is 0.684. The lowest BCUT2D eigenvalue weighted by Gasteiger charge is -2.14. The Morgan fingerprint density at radius 1 is 1.57 bits per heavy atom. The molecule has 0 saturated carbocycles. The van der Waals surface area contributed by atoms with E-state index in [1.165, 1.54) is 11.5 Å². The Morgan fingerprint density at radius 3 is 2.93 bits per heavy atom. The molecule has 0 aliphatic carbocycles. The molecule has 1 heterocycles. The van der Waals surface area contributed by atoms with Crippen LogP contribution >= 0.6 is 23.1 Å². The minimum Gasteiger partial charge on any atom is -0.385 e. The Morgan fingerprint density at radius 2 is 2.36 bits per heavy atom. The zero-order chi connectivity index (χ0) is 10.4. The van der Waals surface area contributed by atoms with E-state index < -0.39 is 0 Å². The Bertz CT molecular complexity index is 269. The predicted octanol–water partition coefficient (Wildman–Crippen LogP) is 1.66. The fourth-order valence-corrected chi connectivity index (χ4v) is 1.72. The van der Waals surface area contributed by atoms with E-state index in [0.717, 1.165) is 31.8 Å². The van der Waals surface area contributed by atoms with Crippen molar-refractivity contribution in [3.8, 4) is 0 Å². The summed E-state index contributed by atoms with van der Waals surface area (Å²) in [4.78, 5) is 2.15. The lowest BCUT2D eigenvalue weighted by atomic mass is 10.4. The summed E-state index contributed by atoms with van der Waals surface area (Å²) in [6.45, 7) is 2.51. The molecule has 0 unspecified atom stereocenters. The molecule has 0 aromatic carbocycles. The SMILES string of the molecule is COCCCN(C)Cc1nnsc1Cl. The molecule has 0 bridgehead atoms. The maximum atomic E-state index is 5.89. The number of methoxy groups -OCH3 is 1. The number of hydrogen-bond acceptors (Lipinski definition) is 5. The first kappa shape index (κ1) is 11.8.